The molecule has 0 spiro atoms. The fourth-order valence-electron chi connectivity index (χ4n) is 4.47. The fraction of sp³-hybridized carbons (Fsp3) is 0.522. The van der Waals surface area contributed by atoms with E-state index >= 15 is 0 Å². The van der Waals surface area contributed by atoms with Crippen molar-refractivity contribution in [2.24, 2.45) is 17.6 Å². The molecule has 1 amide bonds. The predicted molar refractivity (Wildman–Crippen MR) is 116 cm³/mol. The van der Waals surface area contributed by atoms with Crippen LogP contribution in [0.3, 0.4) is 0 Å². The van der Waals surface area contributed by atoms with Crippen LogP contribution in [-0.4, -0.2) is 61.3 Å². The molecule has 3 rings (SSSR count). The van der Waals surface area contributed by atoms with Crippen LogP contribution in [0.4, 0.5) is 0 Å². The van der Waals surface area contributed by atoms with Crippen molar-refractivity contribution < 1.29 is 39.9 Å². The molecule has 0 bridgehead atoms. The molecule has 176 valence electrons. The van der Waals surface area contributed by atoms with E-state index in [1.807, 2.05) is 6.92 Å². The molecule has 0 heterocycles. The van der Waals surface area contributed by atoms with Gasteiger partial charge in [-0.3, -0.25) is 14.4 Å². The molecule has 2 aliphatic rings. The van der Waals surface area contributed by atoms with Crippen molar-refractivity contribution in [3.05, 3.63) is 34.4 Å². The first-order valence-electron chi connectivity index (χ1n) is 10.5. The lowest BCUT2D eigenvalue weighted by Gasteiger charge is -2.43. The van der Waals surface area contributed by atoms with Crippen LogP contribution in [0, 0.1) is 18.8 Å². The molecule has 2 aliphatic carbocycles. The second-order valence-corrected chi connectivity index (χ2v) is 8.62. The van der Waals surface area contributed by atoms with E-state index in [9.17, 15) is 34.8 Å². The Bertz CT molecular complexity index is 949. The van der Waals surface area contributed by atoms with Crippen molar-refractivity contribution in [2.45, 2.75) is 58.2 Å². The van der Waals surface area contributed by atoms with Gasteiger partial charge in [0, 0.05) is 24.2 Å². The summed E-state index contributed by atoms with van der Waals surface area (Å²) in [6.07, 6.45) is -0.531. The average Bonchev–Trinajstić information content (AvgIpc) is 2.67. The molecule has 1 fully saturated rings. The smallest absolute Gasteiger partial charge is 0.225 e. The van der Waals surface area contributed by atoms with Crippen molar-refractivity contribution in [1.82, 2.24) is 0 Å². The van der Waals surface area contributed by atoms with Crippen LogP contribution in [0.2, 0.25) is 0 Å². The fourth-order valence-corrected chi connectivity index (χ4v) is 4.47. The zero-order valence-electron chi connectivity index (χ0n) is 18.5. The maximum absolute atomic E-state index is 13.2. The molecule has 9 nitrogen and oxygen atoms in total. The van der Waals surface area contributed by atoms with E-state index in [1.54, 1.807) is 19.9 Å². The standard InChI is InChI=1S/C20H23NO7.C3H8O/c1-9-2-3-13(23)17-12(9)7-10-6-11(4-5-22)20(28,14(24)8-15(21)25)19(27)16(10)18(17)26;1-3(2)4/h2-3,10-11,22-23,26,28H,4-8H2,1H3,(H2,21,25);3-4H,1-2H3/t10-,11-,20-;/m1./s1. The molecule has 0 aliphatic heterocycles. The Morgan fingerprint density at radius 1 is 1.25 bits per heavy atom. The summed E-state index contributed by atoms with van der Waals surface area (Å²) in [6, 6.07) is 3.10. The lowest BCUT2D eigenvalue weighted by molar-refractivity contribution is -0.159. The van der Waals surface area contributed by atoms with Crippen LogP contribution < -0.4 is 5.73 Å². The number of aliphatic hydroxyl groups excluding tert-OH is 3. The van der Waals surface area contributed by atoms with Gasteiger partial charge in [-0.25, -0.2) is 0 Å². The molecule has 0 aromatic heterocycles. The van der Waals surface area contributed by atoms with Gasteiger partial charge in [-0.15, -0.1) is 0 Å². The van der Waals surface area contributed by atoms with E-state index in [0.29, 0.717) is 12.0 Å². The molecule has 32 heavy (non-hydrogen) atoms. The number of aliphatic hydroxyl groups is 4. The predicted octanol–water partition coefficient (Wildman–Crippen LogP) is 0.676. The number of phenolic OH excluding ortho intramolecular Hbond substituents is 1. The first-order valence-corrected chi connectivity index (χ1v) is 10.5. The molecule has 3 atom stereocenters. The van der Waals surface area contributed by atoms with Gasteiger partial charge in [0.2, 0.25) is 11.7 Å². The minimum absolute atomic E-state index is 0.0246. The summed E-state index contributed by atoms with van der Waals surface area (Å²) in [5, 5.41) is 49.4. The van der Waals surface area contributed by atoms with Crippen molar-refractivity contribution in [1.29, 1.82) is 0 Å². The second kappa shape index (κ2) is 9.81. The lowest BCUT2D eigenvalue weighted by atomic mass is 9.61. The van der Waals surface area contributed by atoms with Gasteiger partial charge in [0.25, 0.3) is 0 Å². The van der Waals surface area contributed by atoms with E-state index < -0.39 is 47.1 Å². The highest BCUT2D eigenvalue weighted by Gasteiger charge is 2.57. The van der Waals surface area contributed by atoms with Gasteiger partial charge in [-0.2, -0.15) is 0 Å². The van der Waals surface area contributed by atoms with Crippen molar-refractivity contribution >= 4 is 23.2 Å². The Balaban J connectivity index is 0.000000837. The van der Waals surface area contributed by atoms with Crippen molar-refractivity contribution in [2.75, 3.05) is 6.61 Å². The van der Waals surface area contributed by atoms with Crippen molar-refractivity contribution in [3.8, 4) is 5.75 Å². The molecule has 1 aromatic rings. The SMILES string of the molecule is CC(C)O.Cc1ccc(O)c2c1C[C@H]1C[C@@H](CCO)[C@@](O)(C(=O)CC(N)=O)C(=O)C1=C2O. The Labute approximate surface area is 186 Å². The van der Waals surface area contributed by atoms with Gasteiger partial charge >= 0.3 is 0 Å². The van der Waals surface area contributed by atoms with Gasteiger partial charge in [-0.1, -0.05) is 6.07 Å². The number of nitrogens with two attached hydrogens (primary N) is 1. The molecular weight excluding hydrogens is 418 g/mol. The van der Waals surface area contributed by atoms with E-state index in [0.717, 1.165) is 5.56 Å². The number of rotatable bonds is 5. The third-order valence-corrected chi connectivity index (χ3v) is 5.86. The Morgan fingerprint density at radius 2 is 1.84 bits per heavy atom. The number of carbonyl (C=O) groups excluding carboxylic acids is 3. The summed E-state index contributed by atoms with van der Waals surface area (Å²) in [7, 11) is 0. The second-order valence-electron chi connectivity index (χ2n) is 8.62. The molecule has 1 saturated carbocycles. The minimum Gasteiger partial charge on any atom is -0.507 e. The third-order valence-electron chi connectivity index (χ3n) is 5.86. The quantitative estimate of drug-likeness (QED) is 0.355. The number of fused-ring (bicyclic) bond motifs is 2. The first-order chi connectivity index (χ1) is 14.9. The Hall–Kier alpha value is -2.75. The Morgan fingerprint density at radius 3 is 2.38 bits per heavy atom. The van der Waals surface area contributed by atoms with E-state index in [2.05, 4.69) is 0 Å². The van der Waals surface area contributed by atoms with Crippen LogP contribution in [0.1, 0.15) is 49.8 Å². The molecule has 0 saturated heterocycles. The summed E-state index contributed by atoms with van der Waals surface area (Å²) in [5.41, 5.74) is 3.99. The number of aromatic hydroxyl groups is 1. The number of aryl methyl sites for hydroxylation is 1. The summed E-state index contributed by atoms with van der Waals surface area (Å²) >= 11 is 0. The number of primary amides is 1. The summed E-state index contributed by atoms with van der Waals surface area (Å²) < 4.78 is 0. The molecule has 0 unspecified atom stereocenters. The lowest BCUT2D eigenvalue weighted by Crippen LogP contribution is -2.59. The number of benzene rings is 1. The highest BCUT2D eigenvalue weighted by Crippen LogP contribution is 2.49. The first kappa shape index (κ1) is 25.5. The molecular formula is C23H31NO8. The normalized spacial score (nSPS) is 24.4. The number of carbonyl (C=O) groups is 3. The van der Waals surface area contributed by atoms with E-state index in [4.69, 9.17) is 10.8 Å². The number of ketones is 2. The number of hydrogen-bond acceptors (Lipinski definition) is 8. The third kappa shape index (κ3) is 4.69. The van der Waals surface area contributed by atoms with Gasteiger partial charge in [0.1, 0.15) is 11.5 Å². The largest absolute Gasteiger partial charge is 0.507 e. The van der Waals surface area contributed by atoms with Crippen molar-refractivity contribution in [3.63, 3.8) is 0 Å². The molecule has 0 radical (unpaired) electrons. The number of Topliss-reactive ketones (excluding diaryl/α,β-unsaturated/α-hetero) is 2. The molecule has 7 N–H and O–H groups in total. The van der Waals surface area contributed by atoms with Crippen LogP contribution in [0.5, 0.6) is 5.75 Å². The zero-order valence-corrected chi connectivity index (χ0v) is 18.5. The highest BCUT2D eigenvalue weighted by atomic mass is 16.3. The minimum atomic E-state index is -2.56. The molecule has 1 aromatic carbocycles. The van der Waals surface area contributed by atoms with Gasteiger partial charge in [0.05, 0.1) is 12.0 Å². The number of hydrogen-bond donors (Lipinski definition) is 6. The zero-order chi connectivity index (χ0) is 24.4. The van der Waals surface area contributed by atoms with E-state index in [-0.39, 0.29) is 42.4 Å². The summed E-state index contributed by atoms with van der Waals surface area (Å²) in [6.45, 7) is 4.90. The monoisotopic (exact) mass is 449 g/mol. The van der Waals surface area contributed by atoms with Crippen LogP contribution >= 0.6 is 0 Å². The maximum Gasteiger partial charge on any atom is 0.225 e. The number of amides is 1. The van der Waals surface area contributed by atoms with Crippen LogP contribution in [0.15, 0.2) is 17.7 Å². The maximum atomic E-state index is 13.2. The molecule has 9 heteroatoms. The Kier molecular flexibility index (Phi) is 7.82. The van der Waals surface area contributed by atoms with E-state index in [1.165, 1.54) is 6.07 Å². The average molecular weight is 450 g/mol. The summed E-state index contributed by atoms with van der Waals surface area (Å²) in [4.78, 5) is 37.0. The van der Waals surface area contributed by atoms with Crippen LogP contribution in [-0.2, 0) is 20.8 Å². The van der Waals surface area contributed by atoms with Crippen LogP contribution in [0.25, 0.3) is 5.76 Å². The summed E-state index contributed by atoms with van der Waals surface area (Å²) in [5.74, 6) is -5.13. The van der Waals surface area contributed by atoms with Gasteiger partial charge < -0.3 is 31.3 Å². The van der Waals surface area contributed by atoms with Gasteiger partial charge in [-0.05, 0) is 63.1 Å². The highest BCUT2D eigenvalue weighted by molar-refractivity contribution is 6.23. The number of phenols is 1. The van der Waals surface area contributed by atoms with Gasteiger partial charge in [0.15, 0.2) is 11.4 Å². The topological polar surface area (TPSA) is 178 Å².